The Morgan fingerprint density at radius 3 is 2.54 bits per heavy atom. The van der Waals surface area contributed by atoms with Crippen LogP contribution in [0.2, 0.25) is 0 Å². The van der Waals surface area contributed by atoms with Crippen LogP contribution >= 0.6 is 0 Å². The molecule has 1 N–H and O–H groups in total. The highest BCUT2D eigenvalue weighted by atomic mass is 32.2. The third kappa shape index (κ3) is 3.77. The number of carbonyl (C=O) groups excluding carboxylic acids is 1. The van der Waals surface area contributed by atoms with E-state index < -0.39 is 10.0 Å². The van der Waals surface area contributed by atoms with Gasteiger partial charge in [-0.3, -0.25) is 4.79 Å². The van der Waals surface area contributed by atoms with E-state index >= 15 is 0 Å². The van der Waals surface area contributed by atoms with Gasteiger partial charge in [-0.15, -0.1) is 4.40 Å². The molecular weight excluding hydrogens is 326 g/mol. The normalized spacial score (nSPS) is 17.2. The Hall–Kier alpha value is -1.89. The first kappa shape index (κ1) is 18.4. The number of benzene rings is 1. The van der Waals surface area contributed by atoms with Crippen LogP contribution in [0, 0.1) is 5.92 Å². The van der Waals surface area contributed by atoms with E-state index in [1.54, 1.807) is 19.1 Å². The molecule has 1 aromatic rings. The van der Waals surface area contributed by atoms with Crippen molar-refractivity contribution in [1.82, 2.24) is 5.32 Å². The molecule has 1 heterocycles. The maximum atomic E-state index is 12.4. The molecule has 0 unspecified atom stereocenters. The number of nitrogens with zero attached hydrogens (tertiary/aromatic N) is 2. The van der Waals surface area contributed by atoms with Crippen molar-refractivity contribution in [1.29, 1.82) is 0 Å². The van der Waals surface area contributed by atoms with Crippen molar-refractivity contribution in [3.8, 4) is 0 Å². The molecule has 1 aliphatic rings. The largest absolute Gasteiger partial charge is 0.350 e. The zero-order valence-corrected chi connectivity index (χ0v) is 15.6. The summed E-state index contributed by atoms with van der Waals surface area (Å²) in [6.45, 7) is 10.4. The van der Waals surface area contributed by atoms with Crippen LogP contribution in [-0.2, 0) is 10.0 Å². The summed E-state index contributed by atoms with van der Waals surface area (Å²) in [7, 11) is -3.78. The van der Waals surface area contributed by atoms with Crippen molar-refractivity contribution >= 4 is 27.5 Å². The quantitative estimate of drug-likeness (QED) is 0.885. The van der Waals surface area contributed by atoms with E-state index in [-0.39, 0.29) is 16.8 Å². The third-order valence-electron chi connectivity index (χ3n) is 3.97. The Bertz CT molecular complexity index is 769. The number of anilines is 1. The maximum Gasteiger partial charge on any atom is 0.286 e. The highest BCUT2D eigenvalue weighted by Gasteiger charge is 2.30. The third-order valence-corrected chi connectivity index (χ3v) is 5.36. The maximum absolute atomic E-state index is 12.4. The van der Waals surface area contributed by atoms with Crippen LogP contribution in [-0.4, -0.2) is 32.7 Å². The van der Waals surface area contributed by atoms with Gasteiger partial charge >= 0.3 is 0 Å². The van der Waals surface area contributed by atoms with E-state index in [4.69, 9.17) is 0 Å². The molecule has 1 atom stereocenters. The number of rotatable bonds is 5. The summed E-state index contributed by atoms with van der Waals surface area (Å²) in [5.41, 5.74) is 0.910. The summed E-state index contributed by atoms with van der Waals surface area (Å²) in [6, 6.07) is 4.81. The molecule has 0 saturated carbocycles. The molecule has 0 aromatic heterocycles. The zero-order chi connectivity index (χ0) is 18.1. The van der Waals surface area contributed by atoms with Crippen LogP contribution in [0.15, 0.2) is 27.5 Å². The lowest BCUT2D eigenvalue weighted by Gasteiger charge is -2.31. The first-order valence-corrected chi connectivity index (χ1v) is 9.63. The highest BCUT2D eigenvalue weighted by molar-refractivity contribution is 7.90. The molecule has 0 spiro atoms. The molecule has 0 aliphatic carbocycles. The average molecular weight is 351 g/mol. The number of amides is 1. The summed E-state index contributed by atoms with van der Waals surface area (Å²) in [5.74, 6) is 0.522. The Morgan fingerprint density at radius 1 is 1.29 bits per heavy atom. The molecule has 1 aliphatic heterocycles. The van der Waals surface area contributed by atoms with E-state index in [9.17, 15) is 13.2 Å². The van der Waals surface area contributed by atoms with Gasteiger partial charge in [0.25, 0.3) is 15.9 Å². The Kier molecular flexibility index (Phi) is 5.32. The van der Waals surface area contributed by atoms with E-state index in [0.29, 0.717) is 29.5 Å². The minimum atomic E-state index is -3.78. The van der Waals surface area contributed by atoms with Crippen molar-refractivity contribution in [2.24, 2.45) is 10.3 Å². The highest BCUT2D eigenvalue weighted by Crippen LogP contribution is 2.33. The minimum Gasteiger partial charge on any atom is -0.350 e. The van der Waals surface area contributed by atoms with Gasteiger partial charge in [0.15, 0.2) is 0 Å². The van der Waals surface area contributed by atoms with Gasteiger partial charge in [-0.2, -0.15) is 8.42 Å². The van der Waals surface area contributed by atoms with Gasteiger partial charge in [0.05, 0.1) is 5.69 Å². The van der Waals surface area contributed by atoms with E-state index in [1.807, 2.05) is 18.7 Å². The number of fused-ring (bicyclic) bond motifs is 1. The van der Waals surface area contributed by atoms with E-state index in [0.717, 1.165) is 6.42 Å². The van der Waals surface area contributed by atoms with Gasteiger partial charge in [-0.25, -0.2) is 0 Å². The summed E-state index contributed by atoms with van der Waals surface area (Å²) >= 11 is 0. The van der Waals surface area contributed by atoms with Crippen molar-refractivity contribution < 1.29 is 13.2 Å². The molecule has 0 radical (unpaired) electrons. The van der Waals surface area contributed by atoms with Gasteiger partial charge in [-0.05, 0) is 44.4 Å². The number of amidine groups is 1. The molecule has 6 nitrogen and oxygen atoms in total. The molecule has 0 bridgehead atoms. The van der Waals surface area contributed by atoms with Crippen molar-refractivity contribution in [3.63, 3.8) is 0 Å². The summed E-state index contributed by atoms with van der Waals surface area (Å²) in [4.78, 5) is 14.3. The van der Waals surface area contributed by atoms with Crippen LogP contribution in [0.25, 0.3) is 0 Å². The second-order valence-corrected chi connectivity index (χ2v) is 8.16. The molecular formula is C17H25N3O3S. The summed E-state index contributed by atoms with van der Waals surface area (Å²) < 4.78 is 28.7. The fourth-order valence-corrected chi connectivity index (χ4v) is 3.80. The Labute approximate surface area is 144 Å². The minimum absolute atomic E-state index is 0.0304. The molecule has 1 aromatic carbocycles. The van der Waals surface area contributed by atoms with Gasteiger partial charge in [0, 0.05) is 18.2 Å². The standard InChI is InChI=1S/C17H25N3O3S/c1-6-12(4)18-17(21)14-7-8-15-16(9-14)24(22,23)19-13(5)20(15)10-11(2)3/h7-9,11-12H,6,10H2,1-5H3,(H,18,21)/t12-/m1/s1. The molecule has 24 heavy (non-hydrogen) atoms. The lowest BCUT2D eigenvalue weighted by Crippen LogP contribution is -2.37. The smallest absolute Gasteiger partial charge is 0.286 e. The monoisotopic (exact) mass is 351 g/mol. The zero-order valence-electron chi connectivity index (χ0n) is 14.8. The number of sulfonamides is 1. The lowest BCUT2D eigenvalue weighted by atomic mass is 10.1. The summed E-state index contributed by atoms with van der Waals surface area (Å²) in [5, 5.41) is 2.85. The van der Waals surface area contributed by atoms with Gasteiger partial charge in [-0.1, -0.05) is 20.8 Å². The molecule has 0 saturated heterocycles. The molecule has 132 valence electrons. The van der Waals surface area contributed by atoms with Crippen LogP contribution < -0.4 is 10.2 Å². The topological polar surface area (TPSA) is 78.8 Å². The van der Waals surface area contributed by atoms with Crippen LogP contribution in [0.4, 0.5) is 5.69 Å². The first-order valence-electron chi connectivity index (χ1n) is 8.19. The van der Waals surface area contributed by atoms with Gasteiger partial charge in [0.1, 0.15) is 10.7 Å². The average Bonchev–Trinajstić information content (AvgIpc) is 2.50. The van der Waals surface area contributed by atoms with E-state index in [2.05, 4.69) is 23.6 Å². The fourth-order valence-electron chi connectivity index (χ4n) is 2.54. The molecule has 0 fully saturated rings. The predicted octanol–water partition coefficient (Wildman–Crippen LogP) is 2.80. The van der Waals surface area contributed by atoms with Crippen LogP contribution in [0.5, 0.6) is 0 Å². The lowest BCUT2D eigenvalue weighted by molar-refractivity contribution is 0.0939. The Balaban J connectivity index is 2.46. The second-order valence-electron chi connectivity index (χ2n) is 6.58. The number of carbonyl (C=O) groups is 1. The second kappa shape index (κ2) is 6.93. The van der Waals surface area contributed by atoms with E-state index in [1.165, 1.54) is 6.07 Å². The van der Waals surface area contributed by atoms with Crippen molar-refractivity contribution in [2.75, 3.05) is 11.4 Å². The SMILES string of the molecule is CC[C@@H](C)NC(=O)c1ccc2c(c1)S(=O)(=O)N=C(C)N2CC(C)C. The molecule has 2 rings (SSSR count). The predicted molar refractivity (Wildman–Crippen MR) is 96.1 cm³/mol. The molecule has 1 amide bonds. The number of hydrogen-bond acceptors (Lipinski definition) is 4. The molecule has 7 heteroatoms. The van der Waals surface area contributed by atoms with Crippen LogP contribution in [0.1, 0.15) is 51.4 Å². The fraction of sp³-hybridized carbons (Fsp3) is 0.529. The number of nitrogens with one attached hydrogen (secondary N) is 1. The van der Waals surface area contributed by atoms with Crippen molar-refractivity contribution in [3.05, 3.63) is 23.8 Å². The van der Waals surface area contributed by atoms with Crippen LogP contribution in [0.3, 0.4) is 0 Å². The van der Waals surface area contributed by atoms with Gasteiger partial charge < -0.3 is 10.2 Å². The first-order chi connectivity index (χ1) is 11.2. The Morgan fingerprint density at radius 2 is 1.96 bits per heavy atom. The summed E-state index contributed by atoms with van der Waals surface area (Å²) in [6.07, 6.45) is 0.806. The van der Waals surface area contributed by atoms with Gasteiger partial charge in [0.2, 0.25) is 0 Å². The number of hydrogen-bond donors (Lipinski definition) is 1. The van der Waals surface area contributed by atoms with Crippen molar-refractivity contribution in [2.45, 2.75) is 52.0 Å².